The van der Waals surface area contributed by atoms with Crippen LogP contribution in [-0.4, -0.2) is 17.8 Å². The Labute approximate surface area is 109 Å². The summed E-state index contributed by atoms with van der Waals surface area (Å²) in [6, 6.07) is 0.351. The van der Waals surface area contributed by atoms with Crippen LogP contribution in [0.1, 0.15) is 57.8 Å². The molecule has 17 heavy (non-hydrogen) atoms. The summed E-state index contributed by atoms with van der Waals surface area (Å²) in [5.41, 5.74) is 0. The van der Waals surface area contributed by atoms with E-state index in [4.69, 9.17) is 11.6 Å². The number of alkyl halides is 1. The monoisotopic (exact) mass is 257 g/mol. The lowest BCUT2D eigenvalue weighted by molar-refractivity contribution is -0.123. The van der Waals surface area contributed by atoms with Gasteiger partial charge in [-0.05, 0) is 37.5 Å². The highest BCUT2D eigenvalue weighted by Crippen LogP contribution is 2.28. The zero-order valence-electron chi connectivity index (χ0n) is 10.6. The van der Waals surface area contributed by atoms with Crippen LogP contribution in [-0.2, 0) is 4.79 Å². The maximum atomic E-state index is 12.0. The van der Waals surface area contributed by atoms with E-state index in [2.05, 4.69) is 5.32 Å². The van der Waals surface area contributed by atoms with Gasteiger partial charge in [0.1, 0.15) is 0 Å². The van der Waals surface area contributed by atoms with Crippen molar-refractivity contribution in [3.05, 3.63) is 0 Å². The van der Waals surface area contributed by atoms with Crippen molar-refractivity contribution in [2.75, 3.05) is 5.88 Å². The first-order valence-electron chi connectivity index (χ1n) is 7.15. The van der Waals surface area contributed by atoms with Gasteiger partial charge in [-0.25, -0.2) is 0 Å². The number of hydrogen-bond donors (Lipinski definition) is 1. The van der Waals surface area contributed by atoms with Crippen molar-refractivity contribution in [1.29, 1.82) is 0 Å². The Balaban J connectivity index is 1.72. The number of nitrogens with one attached hydrogen (secondary N) is 1. The highest BCUT2D eigenvalue weighted by Gasteiger charge is 2.28. The summed E-state index contributed by atoms with van der Waals surface area (Å²) in [6.45, 7) is 0. The van der Waals surface area contributed by atoms with Crippen LogP contribution in [0, 0.1) is 11.8 Å². The van der Waals surface area contributed by atoms with Gasteiger partial charge in [-0.15, -0.1) is 11.6 Å². The van der Waals surface area contributed by atoms with E-state index >= 15 is 0 Å². The van der Waals surface area contributed by atoms with Crippen molar-refractivity contribution in [3.8, 4) is 0 Å². The van der Waals surface area contributed by atoms with Crippen molar-refractivity contribution >= 4 is 17.5 Å². The van der Waals surface area contributed by atoms with Crippen LogP contribution in [0.5, 0.6) is 0 Å². The van der Waals surface area contributed by atoms with Crippen LogP contribution < -0.4 is 5.32 Å². The van der Waals surface area contributed by atoms with Crippen LogP contribution in [0.15, 0.2) is 0 Å². The molecule has 0 aromatic heterocycles. The Morgan fingerprint density at radius 3 is 2.53 bits per heavy atom. The number of carbonyl (C=O) groups excluding carboxylic acids is 1. The van der Waals surface area contributed by atoms with Crippen LogP contribution in [0.2, 0.25) is 0 Å². The molecule has 98 valence electrons. The molecule has 2 unspecified atom stereocenters. The predicted octanol–water partition coefficient (Wildman–Crippen LogP) is 3.48. The molecule has 1 amide bonds. The Hall–Kier alpha value is -0.240. The van der Waals surface area contributed by atoms with E-state index in [9.17, 15) is 4.79 Å². The second-order valence-corrected chi connectivity index (χ2v) is 6.04. The third-order valence-electron chi connectivity index (χ3n) is 4.40. The topological polar surface area (TPSA) is 29.1 Å². The summed E-state index contributed by atoms with van der Waals surface area (Å²) >= 11 is 5.93. The predicted molar refractivity (Wildman–Crippen MR) is 71.2 cm³/mol. The molecule has 2 aliphatic carbocycles. The minimum atomic E-state index is 0.263. The third-order valence-corrected chi connectivity index (χ3v) is 4.80. The molecule has 0 aliphatic heterocycles. The van der Waals surface area contributed by atoms with Gasteiger partial charge in [-0.1, -0.05) is 25.7 Å². The standard InChI is InChI=1S/C14H24ClNO/c15-10-12-7-4-8-13(12)16-14(17)9-11-5-2-1-3-6-11/h11-13H,1-10H2,(H,16,17). The van der Waals surface area contributed by atoms with Gasteiger partial charge < -0.3 is 5.32 Å². The Morgan fingerprint density at radius 1 is 1.06 bits per heavy atom. The molecule has 2 rings (SSSR count). The first-order chi connectivity index (χ1) is 8.29. The molecule has 0 bridgehead atoms. The van der Waals surface area contributed by atoms with E-state index in [1.54, 1.807) is 0 Å². The first-order valence-corrected chi connectivity index (χ1v) is 7.68. The zero-order valence-corrected chi connectivity index (χ0v) is 11.3. The van der Waals surface area contributed by atoms with Gasteiger partial charge >= 0.3 is 0 Å². The van der Waals surface area contributed by atoms with E-state index in [1.807, 2.05) is 0 Å². The number of halogens is 1. The molecule has 2 fully saturated rings. The molecule has 0 saturated heterocycles. The Kier molecular flexibility index (Phi) is 5.15. The number of amides is 1. The van der Waals surface area contributed by atoms with Gasteiger partial charge in [-0.2, -0.15) is 0 Å². The normalized spacial score (nSPS) is 30.4. The average molecular weight is 258 g/mol. The molecule has 0 spiro atoms. The maximum absolute atomic E-state index is 12.0. The van der Waals surface area contributed by atoms with E-state index in [0.29, 0.717) is 23.8 Å². The van der Waals surface area contributed by atoms with Gasteiger partial charge in [0, 0.05) is 18.3 Å². The summed E-state index contributed by atoms with van der Waals surface area (Å²) in [7, 11) is 0. The molecule has 0 aromatic carbocycles. The highest BCUT2D eigenvalue weighted by molar-refractivity contribution is 6.18. The summed E-state index contributed by atoms with van der Waals surface area (Å²) in [6.07, 6.45) is 10.7. The van der Waals surface area contributed by atoms with Crippen LogP contribution in [0.3, 0.4) is 0 Å². The molecule has 2 nitrogen and oxygen atoms in total. The van der Waals surface area contributed by atoms with Gasteiger partial charge in [0.05, 0.1) is 0 Å². The van der Waals surface area contributed by atoms with Crippen molar-refractivity contribution in [2.24, 2.45) is 11.8 Å². The van der Waals surface area contributed by atoms with Crippen molar-refractivity contribution < 1.29 is 4.79 Å². The highest BCUT2D eigenvalue weighted by atomic mass is 35.5. The van der Waals surface area contributed by atoms with E-state index in [0.717, 1.165) is 12.8 Å². The third kappa shape index (κ3) is 3.87. The molecule has 0 aromatic rings. The lowest BCUT2D eigenvalue weighted by Crippen LogP contribution is -2.38. The lowest BCUT2D eigenvalue weighted by atomic mass is 9.86. The summed E-state index contributed by atoms with van der Waals surface area (Å²) in [5.74, 6) is 2.10. The Bertz CT molecular complexity index is 251. The minimum absolute atomic E-state index is 0.263. The lowest BCUT2D eigenvalue weighted by Gasteiger charge is -2.23. The van der Waals surface area contributed by atoms with Crippen molar-refractivity contribution in [3.63, 3.8) is 0 Å². The molecule has 0 radical (unpaired) electrons. The molecule has 0 heterocycles. The zero-order chi connectivity index (χ0) is 12.1. The SMILES string of the molecule is O=C(CC1CCCCC1)NC1CCCC1CCl. The van der Waals surface area contributed by atoms with Gasteiger partial charge in [0.2, 0.25) is 5.91 Å². The fraction of sp³-hybridized carbons (Fsp3) is 0.929. The molecular formula is C14H24ClNO. The van der Waals surface area contributed by atoms with Gasteiger partial charge in [0.25, 0.3) is 0 Å². The summed E-state index contributed by atoms with van der Waals surface area (Å²) < 4.78 is 0. The number of hydrogen-bond acceptors (Lipinski definition) is 1. The maximum Gasteiger partial charge on any atom is 0.220 e. The van der Waals surface area contributed by atoms with Crippen LogP contribution >= 0.6 is 11.6 Å². The second-order valence-electron chi connectivity index (χ2n) is 5.73. The van der Waals surface area contributed by atoms with Crippen molar-refractivity contribution in [2.45, 2.75) is 63.8 Å². The fourth-order valence-electron chi connectivity index (χ4n) is 3.33. The summed E-state index contributed by atoms with van der Waals surface area (Å²) in [5, 5.41) is 3.20. The molecule has 1 N–H and O–H groups in total. The van der Waals surface area contributed by atoms with Crippen LogP contribution in [0.4, 0.5) is 0 Å². The molecule has 3 heteroatoms. The molecular weight excluding hydrogens is 234 g/mol. The average Bonchev–Trinajstić information content (AvgIpc) is 2.77. The Morgan fingerprint density at radius 2 is 1.82 bits per heavy atom. The summed E-state index contributed by atoms with van der Waals surface area (Å²) in [4.78, 5) is 12.0. The van der Waals surface area contributed by atoms with Gasteiger partial charge in [0.15, 0.2) is 0 Å². The minimum Gasteiger partial charge on any atom is -0.353 e. The van der Waals surface area contributed by atoms with Crippen LogP contribution in [0.25, 0.3) is 0 Å². The molecule has 2 atom stereocenters. The molecule has 2 saturated carbocycles. The first kappa shape index (κ1) is 13.2. The largest absolute Gasteiger partial charge is 0.353 e. The van der Waals surface area contributed by atoms with E-state index in [1.165, 1.54) is 44.9 Å². The number of rotatable bonds is 4. The smallest absolute Gasteiger partial charge is 0.220 e. The second kappa shape index (κ2) is 6.63. The van der Waals surface area contributed by atoms with Crippen molar-refractivity contribution in [1.82, 2.24) is 5.32 Å². The van der Waals surface area contributed by atoms with Gasteiger partial charge in [-0.3, -0.25) is 4.79 Å². The van der Waals surface area contributed by atoms with E-state index < -0.39 is 0 Å². The molecule has 2 aliphatic rings. The number of carbonyl (C=O) groups is 1. The van der Waals surface area contributed by atoms with E-state index in [-0.39, 0.29) is 5.91 Å². The quantitative estimate of drug-likeness (QED) is 0.768. The fourth-order valence-corrected chi connectivity index (χ4v) is 3.70.